The number of carbonyl (C=O) groups is 1. The summed E-state index contributed by atoms with van der Waals surface area (Å²) in [7, 11) is 0. The van der Waals surface area contributed by atoms with E-state index in [0.717, 1.165) is 10.0 Å². The van der Waals surface area contributed by atoms with Gasteiger partial charge in [0.1, 0.15) is 0 Å². The zero-order valence-electron chi connectivity index (χ0n) is 6.54. The summed E-state index contributed by atoms with van der Waals surface area (Å²) >= 11 is 3.30. The zero-order valence-corrected chi connectivity index (χ0v) is 8.13. The smallest absolute Gasteiger partial charge is 0.309 e. The maximum Gasteiger partial charge on any atom is 0.309 e. The van der Waals surface area contributed by atoms with Crippen molar-refractivity contribution in [2.45, 2.75) is 13.3 Å². The Kier molecular flexibility index (Phi) is 2.81. The van der Waals surface area contributed by atoms with Crippen molar-refractivity contribution < 1.29 is 9.90 Å². The number of pyridine rings is 1. The van der Waals surface area contributed by atoms with Gasteiger partial charge in [0, 0.05) is 10.7 Å². The van der Waals surface area contributed by atoms with Gasteiger partial charge in [0.2, 0.25) is 0 Å². The first-order valence-corrected chi connectivity index (χ1v) is 4.21. The highest BCUT2D eigenvalue weighted by atomic mass is 79.9. The third kappa shape index (κ3) is 2.30. The minimum absolute atomic E-state index is 0.0289. The van der Waals surface area contributed by atoms with Crippen LogP contribution in [0.15, 0.2) is 16.7 Å². The summed E-state index contributed by atoms with van der Waals surface area (Å²) in [6, 6.07) is 1.73. The van der Waals surface area contributed by atoms with E-state index in [0.29, 0.717) is 5.69 Å². The fraction of sp³-hybridized carbons (Fsp3) is 0.250. The molecule has 0 fully saturated rings. The summed E-state index contributed by atoms with van der Waals surface area (Å²) in [6.07, 6.45) is 1.63. The van der Waals surface area contributed by atoms with E-state index in [2.05, 4.69) is 20.9 Å². The standard InChI is InChI=1S/C8H8BrNO2/c1-5-4-10-6(2-7(5)9)3-8(11)12/h2,4H,3H2,1H3,(H,11,12). The first-order valence-electron chi connectivity index (χ1n) is 3.42. The van der Waals surface area contributed by atoms with E-state index in [1.807, 2.05) is 6.92 Å². The Hall–Kier alpha value is -0.900. The molecule has 1 aromatic heterocycles. The van der Waals surface area contributed by atoms with E-state index >= 15 is 0 Å². The molecule has 0 unspecified atom stereocenters. The second-order valence-corrected chi connectivity index (χ2v) is 3.35. The number of halogens is 1. The molecular formula is C8H8BrNO2. The van der Waals surface area contributed by atoms with Gasteiger partial charge in [0.05, 0.1) is 12.1 Å². The van der Waals surface area contributed by atoms with Gasteiger partial charge in [-0.25, -0.2) is 0 Å². The number of carboxylic acid groups (broad SMARTS) is 1. The van der Waals surface area contributed by atoms with Gasteiger partial charge in [0.25, 0.3) is 0 Å². The molecule has 0 radical (unpaired) electrons. The normalized spacial score (nSPS) is 9.83. The van der Waals surface area contributed by atoms with Crippen molar-refractivity contribution in [3.8, 4) is 0 Å². The SMILES string of the molecule is Cc1cnc(CC(=O)O)cc1Br. The lowest BCUT2D eigenvalue weighted by atomic mass is 10.2. The lowest BCUT2D eigenvalue weighted by Crippen LogP contribution is -2.02. The number of hydrogen-bond donors (Lipinski definition) is 1. The number of hydrogen-bond acceptors (Lipinski definition) is 2. The van der Waals surface area contributed by atoms with Crippen LogP contribution < -0.4 is 0 Å². The second kappa shape index (κ2) is 3.67. The first-order chi connectivity index (χ1) is 5.59. The Bertz CT molecular complexity index is 312. The summed E-state index contributed by atoms with van der Waals surface area (Å²) < 4.78 is 0.897. The van der Waals surface area contributed by atoms with Gasteiger partial charge >= 0.3 is 5.97 Å². The Labute approximate surface area is 78.6 Å². The van der Waals surface area contributed by atoms with E-state index in [-0.39, 0.29) is 6.42 Å². The molecule has 1 heterocycles. The Morgan fingerprint density at radius 3 is 2.92 bits per heavy atom. The van der Waals surface area contributed by atoms with Crippen LogP contribution in [0.1, 0.15) is 11.3 Å². The predicted octanol–water partition coefficient (Wildman–Crippen LogP) is 1.78. The zero-order chi connectivity index (χ0) is 9.14. The molecule has 4 heteroatoms. The number of nitrogens with zero attached hydrogens (tertiary/aromatic N) is 1. The maximum atomic E-state index is 10.3. The van der Waals surface area contributed by atoms with Crippen molar-refractivity contribution in [3.63, 3.8) is 0 Å². The van der Waals surface area contributed by atoms with Crippen LogP contribution in [0, 0.1) is 6.92 Å². The van der Waals surface area contributed by atoms with E-state index < -0.39 is 5.97 Å². The quantitative estimate of drug-likeness (QED) is 0.842. The van der Waals surface area contributed by atoms with Crippen molar-refractivity contribution in [1.29, 1.82) is 0 Å². The predicted molar refractivity (Wildman–Crippen MR) is 48.0 cm³/mol. The molecule has 1 rings (SSSR count). The van der Waals surface area contributed by atoms with Crippen LogP contribution in [0.2, 0.25) is 0 Å². The molecule has 3 nitrogen and oxygen atoms in total. The molecule has 1 N–H and O–H groups in total. The molecule has 0 aliphatic rings. The molecule has 0 aliphatic carbocycles. The molecule has 0 aliphatic heterocycles. The number of aryl methyl sites for hydroxylation is 1. The summed E-state index contributed by atoms with van der Waals surface area (Å²) in [5.74, 6) is -0.863. The third-order valence-electron chi connectivity index (χ3n) is 1.43. The van der Waals surface area contributed by atoms with Crippen LogP contribution in [0.3, 0.4) is 0 Å². The minimum Gasteiger partial charge on any atom is -0.481 e. The summed E-state index contributed by atoms with van der Waals surface area (Å²) in [4.78, 5) is 14.3. The lowest BCUT2D eigenvalue weighted by molar-refractivity contribution is -0.136. The molecule has 0 aromatic carbocycles. The topological polar surface area (TPSA) is 50.2 Å². The number of rotatable bonds is 2. The van der Waals surface area contributed by atoms with E-state index in [1.165, 1.54) is 0 Å². The highest BCUT2D eigenvalue weighted by molar-refractivity contribution is 9.10. The van der Waals surface area contributed by atoms with E-state index in [4.69, 9.17) is 5.11 Å². The summed E-state index contributed by atoms with van der Waals surface area (Å²) in [5, 5.41) is 8.47. The van der Waals surface area contributed by atoms with Gasteiger partial charge in [-0.3, -0.25) is 9.78 Å². The summed E-state index contributed by atoms with van der Waals surface area (Å²) in [6.45, 7) is 1.90. The van der Waals surface area contributed by atoms with Crippen molar-refractivity contribution in [2.75, 3.05) is 0 Å². The van der Waals surface area contributed by atoms with Crippen LogP contribution in [-0.4, -0.2) is 16.1 Å². The van der Waals surface area contributed by atoms with Gasteiger partial charge in [-0.1, -0.05) is 15.9 Å². The molecule has 1 aromatic rings. The average molecular weight is 230 g/mol. The third-order valence-corrected chi connectivity index (χ3v) is 2.28. The Morgan fingerprint density at radius 2 is 2.42 bits per heavy atom. The fourth-order valence-electron chi connectivity index (χ4n) is 0.790. The highest BCUT2D eigenvalue weighted by Gasteiger charge is 2.03. The summed E-state index contributed by atoms with van der Waals surface area (Å²) in [5.41, 5.74) is 1.57. The second-order valence-electron chi connectivity index (χ2n) is 2.50. The Morgan fingerprint density at radius 1 is 1.75 bits per heavy atom. The minimum atomic E-state index is -0.863. The van der Waals surface area contributed by atoms with E-state index in [1.54, 1.807) is 12.3 Å². The molecule has 64 valence electrons. The fourth-order valence-corrected chi connectivity index (χ4v) is 1.16. The van der Waals surface area contributed by atoms with Gasteiger partial charge in [-0.15, -0.1) is 0 Å². The number of aliphatic carboxylic acids is 1. The van der Waals surface area contributed by atoms with Crippen molar-refractivity contribution >= 4 is 21.9 Å². The van der Waals surface area contributed by atoms with Crippen LogP contribution in [0.5, 0.6) is 0 Å². The van der Waals surface area contributed by atoms with Gasteiger partial charge in [-0.05, 0) is 18.6 Å². The molecule has 0 bridgehead atoms. The molecule has 0 atom stereocenters. The van der Waals surface area contributed by atoms with Gasteiger partial charge in [0.15, 0.2) is 0 Å². The van der Waals surface area contributed by atoms with Crippen molar-refractivity contribution in [3.05, 3.63) is 28.0 Å². The molecule has 0 saturated heterocycles. The monoisotopic (exact) mass is 229 g/mol. The van der Waals surface area contributed by atoms with Gasteiger partial charge < -0.3 is 5.11 Å². The van der Waals surface area contributed by atoms with Crippen LogP contribution in [-0.2, 0) is 11.2 Å². The van der Waals surface area contributed by atoms with Crippen molar-refractivity contribution in [2.24, 2.45) is 0 Å². The molecule has 0 amide bonds. The van der Waals surface area contributed by atoms with Crippen molar-refractivity contribution in [1.82, 2.24) is 4.98 Å². The maximum absolute atomic E-state index is 10.3. The number of carboxylic acids is 1. The van der Waals surface area contributed by atoms with Crippen LogP contribution >= 0.6 is 15.9 Å². The van der Waals surface area contributed by atoms with Crippen LogP contribution in [0.4, 0.5) is 0 Å². The first kappa shape index (κ1) is 9.19. The molecular weight excluding hydrogens is 222 g/mol. The molecule has 12 heavy (non-hydrogen) atoms. The highest BCUT2D eigenvalue weighted by Crippen LogP contribution is 2.15. The number of aromatic nitrogens is 1. The van der Waals surface area contributed by atoms with Crippen LogP contribution in [0.25, 0.3) is 0 Å². The average Bonchev–Trinajstić information content (AvgIpc) is 1.96. The lowest BCUT2D eigenvalue weighted by Gasteiger charge is -1.99. The molecule has 0 spiro atoms. The Balaban J connectivity index is 2.89. The molecule has 0 saturated carbocycles. The largest absolute Gasteiger partial charge is 0.481 e. The van der Waals surface area contributed by atoms with E-state index in [9.17, 15) is 4.79 Å². The van der Waals surface area contributed by atoms with Gasteiger partial charge in [-0.2, -0.15) is 0 Å².